The van der Waals surface area contributed by atoms with Crippen LogP contribution in [0.2, 0.25) is 6.32 Å². The molecule has 1 aromatic rings. The van der Waals surface area contributed by atoms with Gasteiger partial charge in [-0.1, -0.05) is 12.1 Å². The topological polar surface area (TPSA) is 66.5 Å². The van der Waals surface area contributed by atoms with Gasteiger partial charge in [0.15, 0.2) is 0 Å². The van der Waals surface area contributed by atoms with Crippen molar-refractivity contribution < 1.29 is 14.4 Å². The number of nitrogens with two attached hydrogens (primary N) is 1. The zero-order chi connectivity index (χ0) is 12.1. The Hall–Kier alpha value is -0.905. The molecule has 0 fully saturated rings. The highest BCUT2D eigenvalue weighted by Gasteiger charge is 2.09. The summed E-state index contributed by atoms with van der Waals surface area (Å²) in [7, 11) is -1.34. The van der Waals surface area contributed by atoms with Crippen LogP contribution in [0.1, 0.15) is 18.1 Å². The largest absolute Gasteiger partial charge is 0.451 e. The van der Waals surface area contributed by atoms with Crippen LogP contribution in [0.4, 0.5) is 4.39 Å². The van der Waals surface area contributed by atoms with Gasteiger partial charge in [0.2, 0.25) is 0 Å². The van der Waals surface area contributed by atoms with Gasteiger partial charge in [0, 0.05) is 6.04 Å². The van der Waals surface area contributed by atoms with Gasteiger partial charge in [-0.3, -0.25) is 0 Å². The van der Waals surface area contributed by atoms with Crippen molar-refractivity contribution in [1.82, 2.24) is 0 Å². The van der Waals surface area contributed by atoms with E-state index in [0.29, 0.717) is 18.4 Å². The molecule has 0 heterocycles. The average molecular weight is 225 g/mol. The summed E-state index contributed by atoms with van der Waals surface area (Å²) in [6, 6.07) is 4.86. The quantitative estimate of drug-likeness (QED) is 0.647. The first-order valence-corrected chi connectivity index (χ1v) is 5.38. The highest BCUT2D eigenvalue weighted by atomic mass is 19.1. The van der Waals surface area contributed by atoms with Crippen LogP contribution in [0.25, 0.3) is 0 Å². The molecule has 0 amide bonds. The second kappa shape index (κ2) is 5.99. The summed E-state index contributed by atoms with van der Waals surface area (Å²) >= 11 is 0. The van der Waals surface area contributed by atoms with E-state index in [0.717, 1.165) is 5.56 Å². The van der Waals surface area contributed by atoms with E-state index in [4.69, 9.17) is 15.8 Å². The first kappa shape index (κ1) is 13.2. The minimum absolute atomic E-state index is 0.0698. The summed E-state index contributed by atoms with van der Waals surface area (Å²) in [6.07, 6.45) is 1.17. The lowest BCUT2D eigenvalue weighted by Gasteiger charge is -2.08. The fraction of sp³-hybridized carbons (Fsp3) is 0.455. The summed E-state index contributed by atoms with van der Waals surface area (Å²) in [5.41, 5.74) is 6.96. The molecule has 0 unspecified atom stereocenters. The van der Waals surface area contributed by atoms with Gasteiger partial charge in [-0.2, -0.15) is 0 Å². The minimum Gasteiger partial charge on any atom is -0.427 e. The third-order valence-electron chi connectivity index (χ3n) is 2.35. The molecule has 0 radical (unpaired) electrons. The molecule has 1 rings (SSSR count). The predicted octanol–water partition coefficient (Wildman–Crippen LogP) is 0.731. The van der Waals surface area contributed by atoms with E-state index >= 15 is 0 Å². The Kier molecular flexibility index (Phi) is 4.92. The molecule has 88 valence electrons. The Morgan fingerprint density at radius 1 is 1.44 bits per heavy atom. The van der Waals surface area contributed by atoms with Crippen LogP contribution in [0.3, 0.4) is 0 Å². The van der Waals surface area contributed by atoms with E-state index in [1.54, 1.807) is 12.1 Å². The number of rotatable bonds is 5. The van der Waals surface area contributed by atoms with Gasteiger partial charge in [0.05, 0.1) is 0 Å². The third kappa shape index (κ3) is 4.30. The van der Waals surface area contributed by atoms with Gasteiger partial charge in [0.1, 0.15) is 5.82 Å². The standard InChI is InChI=1S/C11H17BFNO2/c1-8(14)6-10-3-2-9(7-11(10)13)4-5-12(15)16/h2-3,7-8,15-16H,4-6,14H2,1H3/t8-/m1/s1. The Balaban J connectivity index is 2.67. The number of aryl methyl sites for hydroxylation is 1. The SMILES string of the molecule is C[C@@H](N)Cc1ccc(CCB(O)O)cc1F. The number of hydrogen-bond donors (Lipinski definition) is 3. The Bertz CT molecular complexity index is 345. The van der Waals surface area contributed by atoms with Crippen LogP contribution in [0.5, 0.6) is 0 Å². The van der Waals surface area contributed by atoms with Crippen molar-refractivity contribution in [3.8, 4) is 0 Å². The van der Waals surface area contributed by atoms with Crippen molar-refractivity contribution in [2.24, 2.45) is 5.73 Å². The van der Waals surface area contributed by atoms with Crippen LogP contribution in [0.15, 0.2) is 18.2 Å². The van der Waals surface area contributed by atoms with Crippen molar-refractivity contribution >= 4 is 7.12 Å². The fourth-order valence-electron chi connectivity index (χ4n) is 1.55. The lowest BCUT2D eigenvalue weighted by molar-refractivity contribution is 0.405. The van der Waals surface area contributed by atoms with Gasteiger partial charge in [-0.25, -0.2) is 4.39 Å². The first-order chi connectivity index (χ1) is 7.49. The molecule has 0 bridgehead atoms. The lowest BCUT2D eigenvalue weighted by atomic mass is 9.82. The molecule has 16 heavy (non-hydrogen) atoms. The second-order valence-corrected chi connectivity index (χ2v) is 4.13. The van der Waals surface area contributed by atoms with Gasteiger partial charge in [-0.05, 0) is 43.3 Å². The molecule has 0 aliphatic heterocycles. The summed E-state index contributed by atoms with van der Waals surface area (Å²) in [5, 5.41) is 17.4. The van der Waals surface area contributed by atoms with Crippen LogP contribution in [0, 0.1) is 5.82 Å². The van der Waals surface area contributed by atoms with E-state index in [2.05, 4.69) is 0 Å². The van der Waals surface area contributed by atoms with E-state index in [1.807, 2.05) is 6.92 Å². The molecule has 0 spiro atoms. The molecule has 0 saturated carbocycles. The summed E-state index contributed by atoms with van der Waals surface area (Å²) in [6.45, 7) is 1.83. The number of benzene rings is 1. The van der Waals surface area contributed by atoms with Crippen molar-refractivity contribution in [2.45, 2.75) is 32.1 Å². The number of hydrogen-bond acceptors (Lipinski definition) is 3. The molecular formula is C11H17BFNO2. The molecule has 3 nitrogen and oxygen atoms in total. The summed E-state index contributed by atoms with van der Waals surface area (Å²) < 4.78 is 13.6. The van der Waals surface area contributed by atoms with Crippen LogP contribution >= 0.6 is 0 Å². The maximum atomic E-state index is 13.6. The van der Waals surface area contributed by atoms with Gasteiger partial charge >= 0.3 is 7.12 Å². The Labute approximate surface area is 95.2 Å². The van der Waals surface area contributed by atoms with Gasteiger partial charge < -0.3 is 15.8 Å². The van der Waals surface area contributed by atoms with E-state index in [-0.39, 0.29) is 18.2 Å². The molecule has 1 aromatic carbocycles. The maximum Gasteiger partial charge on any atom is 0.451 e. The zero-order valence-electron chi connectivity index (χ0n) is 9.36. The lowest BCUT2D eigenvalue weighted by Crippen LogP contribution is -2.18. The molecule has 4 N–H and O–H groups in total. The monoisotopic (exact) mass is 225 g/mol. The highest BCUT2D eigenvalue weighted by molar-refractivity contribution is 6.40. The fourth-order valence-corrected chi connectivity index (χ4v) is 1.55. The van der Waals surface area contributed by atoms with E-state index < -0.39 is 7.12 Å². The molecule has 0 aromatic heterocycles. The van der Waals surface area contributed by atoms with E-state index in [9.17, 15) is 4.39 Å². The maximum absolute atomic E-state index is 13.6. The smallest absolute Gasteiger partial charge is 0.427 e. The molecule has 0 aliphatic carbocycles. The van der Waals surface area contributed by atoms with Crippen molar-refractivity contribution in [1.29, 1.82) is 0 Å². The molecule has 0 aliphatic rings. The van der Waals surface area contributed by atoms with Crippen LogP contribution < -0.4 is 5.73 Å². The first-order valence-electron chi connectivity index (χ1n) is 5.38. The summed E-state index contributed by atoms with van der Waals surface area (Å²) in [5.74, 6) is -0.276. The van der Waals surface area contributed by atoms with E-state index in [1.165, 1.54) is 6.07 Å². The molecule has 1 atom stereocenters. The van der Waals surface area contributed by atoms with Crippen LogP contribution in [-0.2, 0) is 12.8 Å². The Morgan fingerprint density at radius 3 is 2.62 bits per heavy atom. The van der Waals surface area contributed by atoms with Crippen molar-refractivity contribution in [3.63, 3.8) is 0 Å². The average Bonchev–Trinajstić information content (AvgIpc) is 2.18. The normalized spacial score (nSPS) is 12.6. The minimum atomic E-state index is -1.34. The van der Waals surface area contributed by atoms with Crippen LogP contribution in [-0.4, -0.2) is 23.2 Å². The predicted molar refractivity (Wildman–Crippen MR) is 62.5 cm³/mol. The van der Waals surface area contributed by atoms with Crippen molar-refractivity contribution in [2.75, 3.05) is 0 Å². The van der Waals surface area contributed by atoms with Gasteiger partial charge in [-0.15, -0.1) is 0 Å². The molecular weight excluding hydrogens is 208 g/mol. The Morgan fingerprint density at radius 2 is 2.12 bits per heavy atom. The molecule has 5 heteroatoms. The van der Waals surface area contributed by atoms with Crippen molar-refractivity contribution in [3.05, 3.63) is 35.1 Å². The second-order valence-electron chi connectivity index (χ2n) is 4.13. The zero-order valence-corrected chi connectivity index (χ0v) is 9.36. The number of halogens is 1. The third-order valence-corrected chi connectivity index (χ3v) is 2.35. The van der Waals surface area contributed by atoms with Gasteiger partial charge in [0.25, 0.3) is 0 Å². The highest BCUT2D eigenvalue weighted by Crippen LogP contribution is 2.13. The molecule has 0 saturated heterocycles. The summed E-state index contributed by atoms with van der Waals surface area (Å²) in [4.78, 5) is 0.